The van der Waals surface area contributed by atoms with E-state index in [4.69, 9.17) is 5.73 Å². The number of pyridine rings is 1. The van der Waals surface area contributed by atoms with Crippen LogP contribution in [0.4, 0.5) is 5.69 Å². The van der Waals surface area contributed by atoms with E-state index < -0.39 is 6.10 Å². The van der Waals surface area contributed by atoms with Crippen molar-refractivity contribution in [3.05, 3.63) is 24.0 Å². The van der Waals surface area contributed by atoms with Crippen LogP contribution in [-0.2, 0) is 4.79 Å². The number of hydrogen-bond donors (Lipinski definition) is 2. The summed E-state index contributed by atoms with van der Waals surface area (Å²) < 4.78 is 0. The maximum Gasteiger partial charge on any atom is 0.220 e. The Balaban J connectivity index is 1.98. The van der Waals surface area contributed by atoms with Crippen molar-refractivity contribution in [2.75, 3.05) is 18.0 Å². The van der Waals surface area contributed by atoms with Crippen molar-refractivity contribution < 1.29 is 9.90 Å². The fraction of sp³-hybridized carbons (Fsp3) is 0.571. The number of aromatic nitrogens is 1. The molecule has 0 radical (unpaired) electrons. The molecule has 1 fully saturated rings. The Morgan fingerprint density at radius 3 is 2.68 bits per heavy atom. The fourth-order valence-electron chi connectivity index (χ4n) is 2.41. The van der Waals surface area contributed by atoms with Crippen molar-refractivity contribution in [1.29, 1.82) is 0 Å². The minimum atomic E-state index is -0.491. The molecule has 1 aliphatic rings. The molecule has 1 aromatic rings. The smallest absolute Gasteiger partial charge is 0.220 e. The first-order valence-electron chi connectivity index (χ1n) is 6.80. The van der Waals surface area contributed by atoms with E-state index in [1.807, 2.05) is 19.1 Å². The molecule has 0 saturated carbocycles. The Hall–Kier alpha value is -1.62. The number of hydrogen-bond acceptors (Lipinski definition) is 4. The van der Waals surface area contributed by atoms with Gasteiger partial charge in [-0.2, -0.15) is 0 Å². The molecule has 1 aliphatic heterocycles. The van der Waals surface area contributed by atoms with E-state index in [-0.39, 0.29) is 11.8 Å². The number of anilines is 1. The third-order valence-electron chi connectivity index (χ3n) is 3.76. The third-order valence-corrected chi connectivity index (χ3v) is 3.76. The molecular formula is C14H21N3O2. The summed E-state index contributed by atoms with van der Waals surface area (Å²) in [6.07, 6.45) is 3.56. The van der Waals surface area contributed by atoms with Crippen molar-refractivity contribution >= 4 is 11.6 Å². The van der Waals surface area contributed by atoms with E-state index in [1.54, 1.807) is 6.20 Å². The first-order chi connectivity index (χ1) is 9.11. The normalized spacial score (nSPS) is 18.3. The summed E-state index contributed by atoms with van der Waals surface area (Å²) in [7, 11) is 0. The Kier molecular flexibility index (Phi) is 4.37. The molecule has 2 heterocycles. The first kappa shape index (κ1) is 13.8. The lowest BCUT2D eigenvalue weighted by atomic mass is 9.96. The fourth-order valence-corrected chi connectivity index (χ4v) is 2.41. The number of aliphatic hydroxyl groups is 1. The molecule has 5 nitrogen and oxygen atoms in total. The van der Waals surface area contributed by atoms with E-state index in [9.17, 15) is 9.90 Å². The predicted molar refractivity (Wildman–Crippen MR) is 73.6 cm³/mol. The largest absolute Gasteiger partial charge is 0.387 e. The molecule has 104 valence electrons. The first-order valence-corrected chi connectivity index (χ1v) is 6.80. The van der Waals surface area contributed by atoms with E-state index in [0.29, 0.717) is 12.1 Å². The number of rotatable bonds is 4. The molecule has 1 amide bonds. The molecule has 0 unspecified atom stereocenters. The van der Waals surface area contributed by atoms with E-state index in [2.05, 4.69) is 9.88 Å². The maximum atomic E-state index is 11.1. The Labute approximate surface area is 113 Å². The van der Waals surface area contributed by atoms with Gasteiger partial charge in [0, 0.05) is 19.0 Å². The van der Waals surface area contributed by atoms with Crippen molar-refractivity contribution in [3.63, 3.8) is 0 Å². The highest BCUT2D eigenvalue weighted by Gasteiger charge is 2.23. The number of nitrogens with zero attached hydrogens (tertiary/aromatic N) is 2. The van der Waals surface area contributed by atoms with Crippen LogP contribution in [0, 0.1) is 5.92 Å². The van der Waals surface area contributed by atoms with Gasteiger partial charge in [-0.25, -0.2) is 0 Å². The summed E-state index contributed by atoms with van der Waals surface area (Å²) in [4.78, 5) is 17.6. The molecule has 1 saturated heterocycles. The second-order valence-corrected chi connectivity index (χ2v) is 5.03. The molecule has 1 aromatic heterocycles. The molecule has 3 N–H and O–H groups in total. The van der Waals surface area contributed by atoms with Gasteiger partial charge in [-0.1, -0.05) is 6.92 Å². The topological polar surface area (TPSA) is 79.5 Å². The SMILES string of the molecule is CC[C@@H](O)c1ccc(N2CCC(C(N)=O)CC2)cn1. The monoisotopic (exact) mass is 263 g/mol. The summed E-state index contributed by atoms with van der Waals surface area (Å²) >= 11 is 0. The van der Waals surface area contributed by atoms with Gasteiger partial charge in [-0.3, -0.25) is 9.78 Å². The van der Waals surface area contributed by atoms with Crippen LogP contribution in [0.25, 0.3) is 0 Å². The Morgan fingerprint density at radius 2 is 2.21 bits per heavy atom. The van der Waals surface area contributed by atoms with E-state index >= 15 is 0 Å². The van der Waals surface area contributed by atoms with Crippen LogP contribution < -0.4 is 10.6 Å². The maximum absolute atomic E-state index is 11.1. The predicted octanol–water partition coefficient (Wildman–Crippen LogP) is 1.23. The lowest BCUT2D eigenvalue weighted by Gasteiger charge is -2.32. The highest BCUT2D eigenvalue weighted by molar-refractivity contribution is 5.77. The number of piperidine rings is 1. The highest BCUT2D eigenvalue weighted by Crippen LogP contribution is 2.23. The van der Waals surface area contributed by atoms with Crippen LogP contribution in [0.3, 0.4) is 0 Å². The summed E-state index contributed by atoms with van der Waals surface area (Å²) in [6.45, 7) is 3.57. The van der Waals surface area contributed by atoms with Gasteiger partial charge in [0.25, 0.3) is 0 Å². The lowest BCUT2D eigenvalue weighted by Crippen LogP contribution is -2.38. The highest BCUT2D eigenvalue weighted by atomic mass is 16.3. The number of carbonyl (C=O) groups excluding carboxylic acids is 1. The van der Waals surface area contributed by atoms with Crippen LogP contribution in [0.1, 0.15) is 38.0 Å². The lowest BCUT2D eigenvalue weighted by molar-refractivity contribution is -0.122. The molecule has 0 aliphatic carbocycles. The van der Waals surface area contributed by atoms with Gasteiger partial charge < -0.3 is 15.7 Å². The molecular weight excluding hydrogens is 242 g/mol. The number of amides is 1. The van der Waals surface area contributed by atoms with E-state index in [1.165, 1.54) is 0 Å². The second kappa shape index (κ2) is 6.02. The van der Waals surface area contributed by atoms with Crippen molar-refractivity contribution in [3.8, 4) is 0 Å². The van der Waals surface area contributed by atoms with Gasteiger partial charge in [-0.15, -0.1) is 0 Å². The van der Waals surface area contributed by atoms with Gasteiger partial charge in [0.05, 0.1) is 23.7 Å². The molecule has 1 atom stereocenters. The van der Waals surface area contributed by atoms with Crippen LogP contribution in [0.2, 0.25) is 0 Å². The summed E-state index contributed by atoms with van der Waals surface area (Å²) in [5, 5.41) is 9.70. The quantitative estimate of drug-likeness (QED) is 0.856. The van der Waals surface area contributed by atoms with Gasteiger partial charge >= 0.3 is 0 Å². The molecule has 19 heavy (non-hydrogen) atoms. The van der Waals surface area contributed by atoms with Crippen LogP contribution in [-0.4, -0.2) is 29.1 Å². The minimum Gasteiger partial charge on any atom is -0.387 e. The van der Waals surface area contributed by atoms with Gasteiger partial charge in [0.2, 0.25) is 5.91 Å². The number of nitrogens with two attached hydrogens (primary N) is 1. The summed E-state index contributed by atoms with van der Waals surface area (Å²) in [5.41, 5.74) is 7.07. The number of carbonyl (C=O) groups is 1. The van der Waals surface area contributed by atoms with Crippen LogP contribution >= 0.6 is 0 Å². The number of primary amides is 1. The molecule has 0 aromatic carbocycles. The number of aliphatic hydroxyl groups excluding tert-OH is 1. The van der Waals surface area contributed by atoms with Gasteiger partial charge in [-0.05, 0) is 31.4 Å². The van der Waals surface area contributed by atoms with Gasteiger partial charge in [0.1, 0.15) is 0 Å². The Morgan fingerprint density at radius 1 is 1.53 bits per heavy atom. The van der Waals surface area contributed by atoms with Crippen LogP contribution in [0.5, 0.6) is 0 Å². The van der Waals surface area contributed by atoms with Crippen molar-refractivity contribution in [1.82, 2.24) is 4.98 Å². The summed E-state index contributed by atoms with van der Waals surface area (Å²) in [5.74, 6) is -0.190. The third kappa shape index (κ3) is 3.23. The van der Waals surface area contributed by atoms with Crippen molar-refractivity contribution in [2.45, 2.75) is 32.3 Å². The Bertz CT molecular complexity index is 425. The standard InChI is InChI=1S/C14H21N3O2/c1-2-13(18)12-4-3-11(9-16-12)17-7-5-10(6-8-17)14(15)19/h3-4,9-10,13,18H,2,5-8H2,1H3,(H2,15,19)/t13-/m1/s1. The zero-order chi connectivity index (χ0) is 13.8. The second-order valence-electron chi connectivity index (χ2n) is 5.03. The zero-order valence-corrected chi connectivity index (χ0v) is 11.2. The molecule has 2 rings (SSSR count). The minimum absolute atomic E-state index is 0.00500. The average molecular weight is 263 g/mol. The van der Waals surface area contributed by atoms with Crippen molar-refractivity contribution in [2.24, 2.45) is 11.7 Å². The molecule has 0 spiro atoms. The van der Waals surface area contributed by atoms with E-state index in [0.717, 1.165) is 31.6 Å². The van der Waals surface area contributed by atoms with Crippen LogP contribution in [0.15, 0.2) is 18.3 Å². The molecule has 0 bridgehead atoms. The van der Waals surface area contributed by atoms with Gasteiger partial charge in [0.15, 0.2) is 0 Å². The molecule has 5 heteroatoms. The zero-order valence-electron chi connectivity index (χ0n) is 11.2. The average Bonchev–Trinajstić information content (AvgIpc) is 2.46. The summed E-state index contributed by atoms with van der Waals surface area (Å²) in [6, 6.07) is 3.84.